The van der Waals surface area contributed by atoms with Crippen LogP contribution in [-0.4, -0.2) is 61.0 Å². The molecule has 0 aromatic heterocycles. The van der Waals surface area contributed by atoms with Gasteiger partial charge in [0.1, 0.15) is 0 Å². The van der Waals surface area contributed by atoms with Crippen LogP contribution in [0.25, 0.3) is 0 Å². The van der Waals surface area contributed by atoms with E-state index < -0.39 is 0 Å². The van der Waals surface area contributed by atoms with Gasteiger partial charge in [-0.1, -0.05) is 36.8 Å². The lowest BCUT2D eigenvalue weighted by Crippen LogP contribution is -2.55. The average molecular weight is 315 g/mol. The van der Waals surface area contributed by atoms with Crippen molar-refractivity contribution in [1.82, 2.24) is 15.1 Å². The number of carbonyl (C=O) groups excluding carboxylic acids is 1. The average Bonchev–Trinajstić information content (AvgIpc) is 2.64. The number of piperazine rings is 1. The van der Waals surface area contributed by atoms with Gasteiger partial charge in [-0.2, -0.15) is 0 Å². The van der Waals surface area contributed by atoms with E-state index in [0.29, 0.717) is 5.91 Å². The molecule has 1 atom stereocenters. The van der Waals surface area contributed by atoms with Crippen molar-refractivity contribution in [1.29, 1.82) is 0 Å². The highest BCUT2D eigenvalue weighted by molar-refractivity contribution is 5.82. The third kappa shape index (κ3) is 4.55. The molecule has 0 bridgehead atoms. The largest absolute Gasteiger partial charge is 0.339 e. The SMILES string of the molecule is O=C(C(CCc1ccccc1)N1CCCCC1)N1CCNCC1. The molecule has 126 valence electrons. The molecule has 4 nitrogen and oxygen atoms in total. The molecule has 1 aromatic carbocycles. The van der Waals surface area contributed by atoms with Gasteiger partial charge < -0.3 is 10.2 Å². The van der Waals surface area contributed by atoms with Crippen molar-refractivity contribution >= 4 is 5.91 Å². The van der Waals surface area contributed by atoms with Crippen molar-refractivity contribution < 1.29 is 4.79 Å². The van der Waals surface area contributed by atoms with E-state index in [2.05, 4.69) is 45.4 Å². The summed E-state index contributed by atoms with van der Waals surface area (Å²) >= 11 is 0. The molecule has 2 heterocycles. The van der Waals surface area contributed by atoms with Gasteiger partial charge in [0.2, 0.25) is 5.91 Å². The molecule has 1 amide bonds. The van der Waals surface area contributed by atoms with Crippen molar-refractivity contribution in [2.45, 2.75) is 38.1 Å². The number of piperidine rings is 1. The van der Waals surface area contributed by atoms with Crippen LogP contribution in [0.1, 0.15) is 31.2 Å². The van der Waals surface area contributed by atoms with Gasteiger partial charge in [-0.25, -0.2) is 0 Å². The van der Waals surface area contributed by atoms with E-state index >= 15 is 0 Å². The summed E-state index contributed by atoms with van der Waals surface area (Å²) in [6.07, 6.45) is 5.70. The summed E-state index contributed by atoms with van der Waals surface area (Å²) in [7, 11) is 0. The zero-order valence-corrected chi connectivity index (χ0v) is 14.0. The predicted molar refractivity (Wildman–Crippen MR) is 93.4 cm³/mol. The minimum Gasteiger partial charge on any atom is -0.339 e. The number of rotatable bonds is 5. The number of benzene rings is 1. The summed E-state index contributed by atoms with van der Waals surface area (Å²) in [6.45, 7) is 5.73. The zero-order valence-electron chi connectivity index (χ0n) is 14.0. The molecule has 23 heavy (non-hydrogen) atoms. The summed E-state index contributed by atoms with van der Waals surface area (Å²) in [5.41, 5.74) is 1.34. The van der Waals surface area contributed by atoms with Gasteiger partial charge in [0.25, 0.3) is 0 Å². The first-order valence-corrected chi connectivity index (χ1v) is 9.12. The molecule has 4 heteroatoms. The highest BCUT2D eigenvalue weighted by Gasteiger charge is 2.30. The molecular weight excluding hydrogens is 286 g/mol. The molecule has 0 aliphatic carbocycles. The molecule has 0 saturated carbocycles. The molecular formula is C19H29N3O. The Morgan fingerprint density at radius 1 is 1.00 bits per heavy atom. The maximum Gasteiger partial charge on any atom is 0.240 e. The van der Waals surface area contributed by atoms with Crippen molar-refractivity contribution in [2.75, 3.05) is 39.3 Å². The molecule has 2 saturated heterocycles. The maximum absolute atomic E-state index is 13.1. The standard InChI is InChI=1S/C19H29N3O/c23-19(22-15-11-20-12-16-22)18(21-13-5-2-6-14-21)10-9-17-7-3-1-4-8-17/h1,3-4,7-8,18,20H,2,5-6,9-16H2. The Labute approximate surface area is 139 Å². The van der Waals surface area contributed by atoms with E-state index in [-0.39, 0.29) is 6.04 Å². The lowest BCUT2D eigenvalue weighted by molar-refractivity contribution is -0.138. The summed E-state index contributed by atoms with van der Waals surface area (Å²) in [4.78, 5) is 17.6. The number of likely N-dealkylation sites (tertiary alicyclic amines) is 1. The Kier molecular flexibility index (Phi) is 6.06. The van der Waals surface area contributed by atoms with E-state index in [1.165, 1.54) is 24.8 Å². The molecule has 0 radical (unpaired) electrons. The van der Waals surface area contributed by atoms with Gasteiger partial charge in [-0.15, -0.1) is 0 Å². The minimum absolute atomic E-state index is 0.0635. The first-order chi connectivity index (χ1) is 11.3. The molecule has 2 fully saturated rings. The third-order valence-electron chi connectivity index (χ3n) is 5.09. The summed E-state index contributed by atoms with van der Waals surface area (Å²) in [5.74, 6) is 0.351. The summed E-state index contributed by atoms with van der Waals surface area (Å²) in [5, 5.41) is 3.34. The van der Waals surface area contributed by atoms with Gasteiger partial charge in [-0.3, -0.25) is 9.69 Å². The van der Waals surface area contributed by atoms with Crippen LogP contribution in [0.3, 0.4) is 0 Å². The van der Waals surface area contributed by atoms with Crippen LogP contribution in [0.4, 0.5) is 0 Å². The fourth-order valence-corrected chi connectivity index (χ4v) is 3.74. The Bertz CT molecular complexity index is 479. The second kappa shape index (κ2) is 8.46. The third-order valence-corrected chi connectivity index (χ3v) is 5.09. The number of nitrogens with one attached hydrogen (secondary N) is 1. The van der Waals surface area contributed by atoms with Gasteiger partial charge in [0.15, 0.2) is 0 Å². The summed E-state index contributed by atoms with van der Waals surface area (Å²) < 4.78 is 0. The maximum atomic E-state index is 13.1. The topological polar surface area (TPSA) is 35.6 Å². The van der Waals surface area contributed by atoms with E-state index in [9.17, 15) is 4.79 Å². The van der Waals surface area contributed by atoms with Crippen molar-refractivity contribution in [3.05, 3.63) is 35.9 Å². The van der Waals surface area contributed by atoms with Gasteiger partial charge in [-0.05, 0) is 44.3 Å². The Morgan fingerprint density at radius 2 is 1.70 bits per heavy atom. The van der Waals surface area contributed by atoms with Gasteiger partial charge in [0, 0.05) is 26.2 Å². The van der Waals surface area contributed by atoms with Crippen LogP contribution >= 0.6 is 0 Å². The lowest BCUT2D eigenvalue weighted by Gasteiger charge is -2.38. The molecule has 2 aliphatic heterocycles. The smallest absolute Gasteiger partial charge is 0.240 e. The summed E-state index contributed by atoms with van der Waals surface area (Å²) in [6, 6.07) is 10.6. The van der Waals surface area contributed by atoms with Crippen LogP contribution < -0.4 is 5.32 Å². The molecule has 0 spiro atoms. The number of hydrogen-bond acceptors (Lipinski definition) is 3. The zero-order chi connectivity index (χ0) is 15.9. The predicted octanol–water partition coefficient (Wildman–Crippen LogP) is 1.91. The van der Waals surface area contributed by atoms with Crippen LogP contribution in [-0.2, 0) is 11.2 Å². The molecule has 1 unspecified atom stereocenters. The van der Waals surface area contributed by atoms with Gasteiger partial charge in [0.05, 0.1) is 6.04 Å². The van der Waals surface area contributed by atoms with Crippen LogP contribution in [0, 0.1) is 0 Å². The van der Waals surface area contributed by atoms with Crippen molar-refractivity contribution in [3.8, 4) is 0 Å². The number of hydrogen-bond donors (Lipinski definition) is 1. The molecule has 2 aliphatic rings. The van der Waals surface area contributed by atoms with E-state index in [1.54, 1.807) is 0 Å². The monoisotopic (exact) mass is 315 g/mol. The van der Waals surface area contributed by atoms with E-state index in [4.69, 9.17) is 0 Å². The molecule has 3 rings (SSSR count). The fraction of sp³-hybridized carbons (Fsp3) is 0.632. The number of amides is 1. The van der Waals surface area contributed by atoms with Crippen LogP contribution in [0.5, 0.6) is 0 Å². The lowest BCUT2D eigenvalue weighted by atomic mass is 10.00. The second-order valence-electron chi connectivity index (χ2n) is 6.71. The fourth-order valence-electron chi connectivity index (χ4n) is 3.74. The first kappa shape index (κ1) is 16.5. The number of carbonyl (C=O) groups is 1. The highest BCUT2D eigenvalue weighted by atomic mass is 16.2. The number of nitrogens with zero attached hydrogens (tertiary/aromatic N) is 2. The Morgan fingerprint density at radius 3 is 2.39 bits per heavy atom. The normalized spacial score (nSPS) is 21.1. The number of aryl methyl sites for hydroxylation is 1. The minimum atomic E-state index is 0.0635. The van der Waals surface area contributed by atoms with Crippen LogP contribution in [0.15, 0.2) is 30.3 Å². The van der Waals surface area contributed by atoms with Crippen LogP contribution in [0.2, 0.25) is 0 Å². The Balaban J connectivity index is 1.66. The highest BCUT2D eigenvalue weighted by Crippen LogP contribution is 2.18. The molecule has 1 N–H and O–H groups in total. The van der Waals surface area contributed by atoms with Crippen molar-refractivity contribution in [3.63, 3.8) is 0 Å². The van der Waals surface area contributed by atoms with Crippen molar-refractivity contribution in [2.24, 2.45) is 0 Å². The second-order valence-corrected chi connectivity index (χ2v) is 6.71. The van der Waals surface area contributed by atoms with E-state index in [0.717, 1.165) is 52.1 Å². The van der Waals surface area contributed by atoms with E-state index in [1.807, 2.05) is 0 Å². The first-order valence-electron chi connectivity index (χ1n) is 9.12. The van der Waals surface area contributed by atoms with Gasteiger partial charge >= 0.3 is 0 Å². The Hall–Kier alpha value is -1.39. The quantitative estimate of drug-likeness (QED) is 0.901. The molecule has 1 aromatic rings.